The molecular formula is C14H24N2O4. The summed E-state index contributed by atoms with van der Waals surface area (Å²) >= 11 is 0. The molecule has 0 radical (unpaired) electrons. The van der Waals surface area contributed by atoms with Crippen LogP contribution in [0.2, 0.25) is 0 Å². The van der Waals surface area contributed by atoms with E-state index in [1.807, 2.05) is 0 Å². The molecule has 2 amide bonds. The van der Waals surface area contributed by atoms with E-state index in [9.17, 15) is 14.7 Å². The molecule has 2 aliphatic rings. The van der Waals surface area contributed by atoms with E-state index in [1.165, 1.54) is 26.2 Å². The van der Waals surface area contributed by atoms with Gasteiger partial charge >= 0.3 is 12.0 Å². The number of carbonyl (C=O) groups is 2. The van der Waals surface area contributed by atoms with Crippen LogP contribution in [0, 0.1) is 11.8 Å². The molecule has 2 rings (SSSR count). The van der Waals surface area contributed by atoms with Gasteiger partial charge in [0.25, 0.3) is 0 Å². The van der Waals surface area contributed by atoms with Crippen molar-refractivity contribution in [3.63, 3.8) is 0 Å². The highest BCUT2D eigenvalue weighted by Crippen LogP contribution is 2.35. The number of likely N-dealkylation sites (tertiary alicyclic amines) is 1. The Bertz CT molecular complexity index is 372. The molecule has 0 aromatic rings. The summed E-state index contributed by atoms with van der Waals surface area (Å²) in [5.74, 6) is 0.0683. The van der Waals surface area contributed by atoms with E-state index in [0.29, 0.717) is 19.0 Å². The van der Waals surface area contributed by atoms with Gasteiger partial charge in [-0.1, -0.05) is 19.3 Å². The number of hydrogen-bond donors (Lipinski definition) is 3. The van der Waals surface area contributed by atoms with Crippen LogP contribution in [-0.4, -0.2) is 52.3 Å². The van der Waals surface area contributed by atoms with Crippen molar-refractivity contribution in [3.05, 3.63) is 0 Å². The maximum Gasteiger partial charge on any atom is 0.328 e. The molecule has 0 aromatic carbocycles. The fourth-order valence-corrected chi connectivity index (χ4v) is 3.40. The number of urea groups is 1. The van der Waals surface area contributed by atoms with E-state index in [-0.39, 0.29) is 6.03 Å². The van der Waals surface area contributed by atoms with Gasteiger partial charge in [0, 0.05) is 13.1 Å². The Kier molecular flexibility index (Phi) is 4.86. The Hall–Kier alpha value is -1.30. The highest BCUT2D eigenvalue weighted by atomic mass is 16.4. The minimum absolute atomic E-state index is 0.373. The predicted molar refractivity (Wildman–Crippen MR) is 73.3 cm³/mol. The molecule has 2 fully saturated rings. The maximum absolute atomic E-state index is 12.1. The third-order valence-corrected chi connectivity index (χ3v) is 4.61. The second-order valence-corrected chi connectivity index (χ2v) is 6.05. The molecule has 3 N–H and O–H groups in total. The molecule has 6 nitrogen and oxygen atoms in total. The van der Waals surface area contributed by atoms with Gasteiger partial charge in [-0.2, -0.15) is 0 Å². The van der Waals surface area contributed by atoms with E-state index in [4.69, 9.17) is 5.11 Å². The number of nitrogens with zero attached hydrogens (tertiary/aromatic N) is 1. The third-order valence-electron chi connectivity index (χ3n) is 4.61. The Morgan fingerprint density at radius 2 is 1.85 bits per heavy atom. The summed E-state index contributed by atoms with van der Waals surface area (Å²) in [6.07, 6.45) is 4.82. The summed E-state index contributed by atoms with van der Waals surface area (Å²) in [5.41, 5.74) is 0. The van der Waals surface area contributed by atoms with Crippen molar-refractivity contribution in [3.8, 4) is 0 Å². The highest BCUT2D eigenvalue weighted by molar-refractivity contribution is 5.83. The first kappa shape index (κ1) is 15.1. The summed E-state index contributed by atoms with van der Waals surface area (Å²) in [6.45, 7) is 2.76. The summed E-state index contributed by atoms with van der Waals surface area (Å²) in [5, 5.41) is 20.8. The molecular weight excluding hydrogens is 260 g/mol. The molecule has 6 heteroatoms. The number of rotatable bonds is 3. The third kappa shape index (κ3) is 3.42. The Morgan fingerprint density at radius 1 is 1.20 bits per heavy atom. The minimum Gasteiger partial charge on any atom is -0.480 e. The number of piperidine rings is 1. The second-order valence-electron chi connectivity index (χ2n) is 6.05. The van der Waals surface area contributed by atoms with Gasteiger partial charge in [0.1, 0.15) is 0 Å². The molecule has 4 atom stereocenters. The van der Waals surface area contributed by atoms with Crippen LogP contribution in [0.1, 0.15) is 39.0 Å². The van der Waals surface area contributed by atoms with Crippen molar-refractivity contribution in [1.82, 2.24) is 10.2 Å². The monoisotopic (exact) mass is 284 g/mol. The van der Waals surface area contributed by atoms with Gasteiger partial charge < -0.3 is 20.4 Å². The maximum atomic E-state index is 12.1. The topological polar surface area (TPSA) is 89.9 Å². The van der Waals surface area contributed by atoms with Gasteiger partial charge in [-0.3, -0.25) is 0 Å². The van der Waals surface area contributed by atoms with Gasteiger partial charge in [0.15, 0.2) is 6.04 Å². The number of amides is 2. The normalized spacial score (nSPS) is 29.2. The quantitative estimate of drug-likeness (QED) is 0.722. The van der Waals surface area contributed by atoms with Gasteiger partial charge in [0.2, 0.25) is 0 Å². The van der Waals surface area contributed by atoms with E-state index < -0.39 is 18.1 Å². The lowest BCUT2D eigenvalue weighted by molar-refractivity contribution is -0.141. The van der Waals surface area contributed by atoms with Crippen molar-refractivity contribution >= 4 is 12.0 Å². The molecule has 1 saturated heterocycles. The molecule has 1 heterocycles. The summed E-state index contributed by atoms with van der Waals surface area (Å²) in [4.78, 5) is 24.8. The van der Waals surface area contributed by atoms with E-state index >= 15 is 0 Å². The number of carboxylic acid groups (broad SMARTS) is 1. The first-order valence-corrected chi connectivity index (χ1v) is 7.45. The van der Waals surface area contributed by atoms with Crippen molar-refractivity contribution in [2.75, 3.05) is 13.1 Å². The van der Waals surface area contributed by atoms with Crippen LogP contribution in [0.25, 0.3) is 0 Å². The molecule has 1 aliphatic heterocycles. The smallest absolute Gasteiger partial charge is 0.328 e. The Morgan fingerprint density at radius 3 is 2.45 bits per heavy atom. The molecule has 0 bridgehead atoms. The van der Waals surface area contributed by atoms with Crippen LogP contribution in [0.15, 0.2) is 0 Å². The first-order valence-electron chi connectivity index (χ1n) is 7.45. The van der Waals surface area contributed by atoms with Crippen LogP contribution in [0.5, 0.6) is 0 Å². The fraction of sp³-hybridized carbons (Fsp3) is 0.857. The second kappa shape index (κ2) is 6.43. The highest BCUT2D eigenvalue weighted by Gasteiger charge is 2.34. The molecule has 2 unspecified atom stereocenters. The van der Waals surface area contributed by atoms with Gasteiger partial charge in [0.05, 0.1) is 6.10 Å². The number of aliphatic hydroxyl groups excluding tert-OH is 1. The molecule has 114 valence electrons. The van der Waals surface area contributed by atoms with Crippen LogP contribution in [0.4, 0.5) is 4.79 Å². The zero-order valence-electron chi connectivity index (χ0n) is 11.9. The number of nitrogens with one attached hydrogen (secondary N) is 1. The molecule has 0 spiro atoms. The van der Waals surface area contributed by atoms with Crippen LogP contribution in [-0.2, 0) is 4.79 Å². The minimum atomic E-state index is -1.24. The molecule has 0 aromatic heterocycles. The Labute approximate surface area is 119 Å². The lowest BCUT2D eigenvalue weighted by atomic mass is 9.75. The zero-order chi connectivity index (χ0) is 14.7. The molecule has 20 heavy (non-hydrogen) atoms. The van der Waals surface area contributed by atoms with Crippen LogP contribution >= 0.6 is 0 Å². The van der Waals surface area contributed by atoms with Gasteiger partial charge in [-0.15, -0.1) is 0 Å². The lowest BCUT2D eigenvalue weighted by Gasteiger charge is -2.41. The van der Waals surface area contributed by atoms with Crippen LogP contribution < -0.4 is 5.32 Å². The first-order chi connectivity index (χ1) is 9.49. The average molecular weight is 284 g/mol. The Balaban J connectivity index is 1.91. The van der Waals surface area contributed by atoms with Crippen molar-refractivity contribution < 1.29 is 19.8 Å². The van der Waals surface area contributed by atoms with E-state index in [1.54, 1.807) is 4.90 Å². The van der Waals surface area contributed by atoms with Crippen molar-refractivity contribution in [2.45, 2.75) is 51.2 Å². The van der Waals surface area contributed by atoms with Crippen molar-refractivity contribution in [2.24, 2.45) is 11.8 Å². The largest absolute Gasteiger partial charge is 0.480 e. The molecule has 1 aliphatic carbocycles. The summed E-state index contributed by atoms with van der Waals surface area (Å²) in [7, 11) is 0. The zero-order valence-corrected chi connectivity index (χ0v) is 11.9. The lowest BCUT2D eigenvalue weighted by Crippen LogP contribution is -2.55. The number of aliphatic hydroxyl groups is 1. The molecule has 1 saturated carbocycles. The number of aliphatic carboxylic acids is 1. The van der Waals surface area contributed by atoms with Crippen LogP contribution in [0.3, 0.4) is 0 Å². The summed E-state index contributed by atoms with van der Waals surface area (Å²) < 4.78 is 0. The predicted octanol–water partition coefficient (Wildman–Crippen LogP) is 1.04. The fourth-order valence-electron chi connectivity index (χ4n) is 3.40. The van der Waals surface area contributed by atoms with Crippen molar-refractivity contribution in [1.29, 1.82) is 0 Å². The van der Waals surface area contributed by atoms with Gasteiger partial charge in [-0.25, -0.2) is 9.59 Å². The number of hydrogen-bond acceptors (Lipinski definition) is 3. The number of carbonyl (C=O) groups excluding carboxylic acids is 1. The van der Waals surface area contributed by atoms with Gasteiger partial charge in [-0.05, 0) is 31.6 Å². The summed E-state index contributed by atoms with van der Waals surface area (Å²) in [6, 6.07) is -1.62. The number of carboxylic acids is 1. The average Bonchev–Trinajstić information content (AvgIpc) is 2.43. The van der Waals surface area contributed by atoms with E-state index in [0.717, 1.165) is 18.8 Å². The standard InChI is InChI=1S/C14H24N2O4/c1-9(17)12(13(18)19)15-14(20)16-7-6-10-4-2-3-5-11(10)8-16/h9-12,17H,2-8H2,1H3,(H,15,20)(H,18,19)/t9-,10?,11?,12+/m1/s1. The number of fused-ring (bicyclic) bond motifs is 1. The SMILES string of the molecule is C[C@@H](O)[C@H](NC(=O)N1CCC2CCCCC2C1)C(=O)O. The van der Waals surface area contributed by atoms with E-state index in [2.05, 4.69) is 5.32 Å².